The SMILES string of the molecule is C=C/C=C(\C=C/C)CNC(=O)/C1=C/NCC2CCCC(C)N2C(=C)I=C(CC(=C)Cc2ccc(CC(=C)CCCCCCCCCCCCC)cc2)C1. The van der Waals surface area contributed by atoms with E-state index < -0.39 is 20.7 Å². The predicted octanol–water partition coefficient (Wildman–Crippen LogP) is 12.5. The van der Waals surface area contributed by atoms with Crippen molar-refractivity contribution in [2.24, 2.45) is 0 Å². The van der Waals surface area contributed by atoms with Crippen LogP contribution in [0.5, 0.6) is 0 Å². The molecule has 2 heterocycles. The molecule has 2 N–H and O–H groups in total. The minimum absolute atomic E-state index is 0.0233. The lowest BCUT2D eigenvalue weighted by molar-refractivity contribution is -0.117. The van der Waals surface area contributed by atoms with Gasteiger partial charge in [-0.25, -0.2) is 0 Å². The Kier molecular flexibility index (Phi) is 21.8. The molecule has 3 rings (SSSR count). The Balaban J connectivity index is 1.55. The maximum atomic E-state index is 13.6. The minimum atomic E-state index is -0.496. The van der Waals surface area contributed by atoms with E-state index in [9.17, 15) is 4.79 Å². The molecule has 5 heteroatoms. The highest BCUT2D eigenvalue weighted by Gasteiger charge is 2.29. The van der Waals surface area contributed by atoms with Gasteiger partial charge in [0.1, 0.15) is 0 Å². The van der Waals surface area contributed by atoms with Gasteiger partial charge in [-0.05, 0) is 85.4 Å². The number of fused-ring (bicyclic) bond motifs is 1. The van der Waals surface area contributed by atoms with Crippen molar-refractivity contribution in [1.29, 1.82) is 0 Å². The second-order valence-corrected chi connectivity index (χ2v) is 18.7. The molecule has 2 atom stereocenters. The first-order valence-electron chi connectivity index (χ1n) is 20.8. The van der Waals surface area contributed by atoms with Gasteiger partial charge < -0.3 is 15.5 Å². The number of allylic oxidation sites excluding steroid dienone is 5. The van der Waals surface area contributed by atoms with Crippen LogP contribution in [-0.2, 0) is 17.6 Å². The Morgan fingerprint density at radius 2 is 1.55 bits per heavy atom. The number of halogens is 1. The van der Waals surface area contributed by atoms with Crippen molar-refractivity contribution in [3.8, 4) is 0 Å². The van der Waals surface area contributed by atoms with Gasteiger partial charge in [0.15, 0.2) is 0 Å². The fourth-order valence-electron chi connectivity index (χ4n) is 7.63. The van der Waals surface area contributed by atoms with Gasteiger partial charge in [-0.2, -0.15) is 0 Å². The van der Waals surface area contributed by atoms with E-state index in [1.807, 2.05) is 31.4 Å². The van der Waals surface area contributed by atoms with Crippen LogP contribution in [-0.4, -0.2) is 39.5 Å². The van der Waals surface area contributed by atoms with Crippen molar-refractivity contribution in [2.45, 2.75) is 155 Å². The molecule has 0 aliphatic carbocycles. The largest absolute Gasteiger partial charge is 0.388 e. The van der Waals surface area contributed by atoms with Crippen molar-refractivity contribution < 1.29 is 4.79 Å². The van der Waals surface area contributed by atoms with Gasteiger partial charge in [-0.3, -0.25) is 4.79 Å². The van der Waals surface area contributed by atoms with Gasteiger partial charge in [0.2, 0.25) is 5.91 Å². The molecule has 2 unspecified atom stereocenters. The van der Waals surface area contributed by atoms with Crippen molar-refractivity contribution in [3.63, 3.8) is 0 Å². The summed E-state index contributed by atoms with van der Waals surface area (Å²) in [4.78, 5) is 16.2. The van der Waals surface area contributed by atoms with Gasteiger partial charge in [0.25, 0.3) is 0 Å². The highest BCUT2D eigenvalue weighted by Crippen LogP contribution is 2.34. The van der Waals surface area contributed by atoms with Crippen LogP contribution in [0.1, 0.15) is 141 Å². The first kappa shape index (κ1) is 44.5. The van der Waals surface area contributed by atoms with Gasteiger partial charge >= 0.3 is 0 Å². The fourth-order valence-corrected chi connectivity index (χ4v) is 11.0. The molecule has 4 nitrogen and oxygen atoms in total. The van der Waals surface area contributed by atoms with Gasteiger partial charge in [0.05, 0.1) is 3.70 Å². The molecule has 53 heavy (non-hydrogen) atoms. The molecule has 1 aromatic carbocycles. The third kappa shape index (κ3) is 17.4. The normalized spacial score (nSPS) is 19.3. The highest BCUT2D eigenvalue weighted by atomic mass is 127. The number of rotatable bonds is 23. The first-order chi connectivity index (χ1) is 25.7. The molecule has 2 aliphatic rings. The molecule has 0 radical (unpaired) electrons. The van der Waals surface area contributed by atoms with Gasteiger partial charge in [-0.15, -0.1) is 0 Å². The average Bonchev–Trinajstić information content (AvgIpc) is 3.13. The molecular formula is C48H72IN3O. The number of nitrogens with one attached hydrogen (secondary N) is 2. The Hall–Kier alpha value is -2.93. The van der Waals surface area contributed by atoms with Crippen LogP contribution in [0.3, 0.4) is 0 Å². The molecule has 1 fully saturated rings. The Bertz CT molecular complexity index is 1450. The fraction of sp³-hybridized carbons (Fsp3) is 0.542. The maximum Gasteiger partial charge on any atom is 0.249 e. The summed E-state index contributed by atoms with van der Waals surface area (Å²) >= 11 is -0.496. The number of carbonyl (C=O) groups is 1. The van der Waals surface area contributed by atoms with E-state index >= 15 is 0 Å². The average molecular weight is 834 g/mol. The number of carbonyl (C=O) groups excluding carboxylic acids is 1. The summed E-state index contributed by atoms with van der Waals surface area (Å²) in [5, 5.41) is 6.71. The molecule has 0 bridgehead atoms. The third-order valence-electron chi connectivity index (χ3n) is 10.5. The van der Waals surface area contributed by atoms with Crippen LogP contribution in [0.4, 0.5) is 0 Å². The summed E-state index contributed by atoms with van der Waals surface area (Å²) in [6.07, 6.45) is 32.8. The lowest BCUT2D eigenvalue weighted by Gasteiger charge is -2.43. The van der Waals surface area contributed by atoms with Crippen LogP contribution in [0.25, 0.3) is 0 Å². The van der Waals surface area contributed by atoms with Crippen LogP contribution in [0, 0.1) is 0 Å². The number of benzene rings is 1. The number of nitrogens with zero attached hydrogens (tertiary/aromatic N) is 1. The molecular weight excluding hydrogens is 761 g/mol. The second kappa shape index (κ2) is 26.0. The van der Waals surface area contributed by atoms with E-state index in [4.69, 9.17) is 0 Å². The number of amides is 1. The summed E-state index contributed by atoms with van der Waals surface area (Å²) in [6, 6.07) is 9.98. The van der Waals surface area contributed by atoms with E-state index in [1.54, 1.807) is 6.08 Å². The lowest BCUT2D eigenvalue weighted by Crippen LogP contribution is -2.47. The van der Waals surface area contributed by atoms with Crippen LogP contribution in [0.15, 0.2) is 107 Å². The highest BCUT2D eigenvalue weighted by molar-refractivity contribution is 14.2. The molecule has 0 aromatic heterocycles. The zero-order valence-electron chi connectivity index (χ0n) is 33.8. The molecule has 1 saturated heterocycles. The van der Waals surface area contributed by atoms with Crippen molar-refractivity contribution in [2.75, 3.05) is 13.1 Å². The molecule has 292 valence electrons. The zero-order chi connectivity index (χ0) is 38.3. The summed E-state index contributed by atoms with van der Waals surface area (Å²) in [7, 11) is 0. The van der Waals surface area contributed by atoms with E-state index in [-0.39, 0.29) is 5.91 Å². The minimum Gasteiger partial charge on any atom is -0.388 e. The van der Waals surface area contributed by atoms with E-state index in [0.29, 0.717) is 25.0 Å². The lowest BCUT2D eigenvalue weighted by atomic mass is 9.96. The summed E-state index contributed by atoms with van der Waals surface area (Å²) < 4.78 is 2.67. The van der Waals surface area contributed by atoms with Crippen molar-refractivity contribution >= 4 is 30.1 Å². The topological polar surface area (TPSA) is 44.4 Å². The zero-order valence-corrected chi connectivity index (χ0v) is 35.9. The van der Waals surface area contributed by atoms with Crippen LogP contribution >= 0.6 is 20.7 Å². The summed E-state index contributed by atoms with van der Waals surface area (Å²) in [6.45, 7) is 25.4. The van der Waals surface area contributed by atoms with Crippen LogP contribution in [0.2, 0.25) is 0 Å². The summed E-state index contributed by atoms with van der Waals surface area (Å²) in [5.74, 6) is -0.0233. The number of hydrogen-bond donors (Lipinski definition) is 2. The number of unbranched alkanes of at least 4 members (excludes halogenated alkanes) is 10. The van der Waals surface area contributed by atoms with E-state index in [0.717, 1.165) is 49.8 Å². The molecule has 0 saturated carbocycles. The Labute approximate surface area is 334 Å². The molecule has 1 amide bonds. The summed E-state index contributed by atoms with van der Waals surface area (Å²) in [5.41, 5.74) is 6.98. The monoisotopic (exact) mass is 833 g/mol. The predicted molar refractivity (Wildman–Crippen MR) is 242 cm³/mol. The molecule has 0 spiro atoms. The van der Waals surface area contributed by atoms with E-state index in [1.165, 1.54) is 113 Å². The quantitative estimate of drug-likeness (QED) is 0.0380. The van der Waals surface area contributed by atoms with Gasteiger partial charge in [0, 0.05) is 43.4 Å². The number of piperidine rings is 1. The molecule has 1 aromatic rings. The Morgan fingerprint density at radius 1 is 0.925 bits per heavy atom. The van der Waals surface area contributed by atoms with Crippen molar-refractivity contribution in [1.82, 2.24) is 15.5 Å². The maximum absolute atomic E-state index is 13.6. The Morgan fingerprint density at radius 3 is 2.17 bits per heavy atom. The smallest absolute Gasteiger partial charge is 0.249 e. The number of hydrogen-bond acceptors (Lipinski definition) is 3. The van der Waals surface area contributed by atoms with Gasteiger partial charge in [-0.1, -0.05) is 178 Å². The van der Waals surface area contributed by atoms with E-state index in [2.05, 4.69) is 80.0 Å². The second-order valence-electron chi connectivity index (χ2n) is 15.4. The van der Waals surface area contributed by atoms with Crippen molar-refractivity contribution in [3.05, 3.63) is 118 Å². The standard InChI is InChI=1S/C48H72IN3O/c1-8-11-12-13-14-15-16-17-18-19-20-24-38(4)31-42-27-29-43(30-28-42)32-39(5)33-46-34-45(48(53)51-35-44(22-9-2)23-10-3)36-50-37-47-26-21-25-40(6)52(47)41(7)49-46/h9-10,22-23,27-30,36,40,47,50H,2,4-5,7-8,11-21,24-26,31-35,37H2,1,3,6H3,(H,51,53)/b23-10-,44-22+,45-36+. The third-order valence-corrected chi connectivity index (χ3v) is 13.2. The first-order valence-corrected chi connectivity index (χ1v) is 22.9. The van der Waals surface area contributed by atoms with Crippen LogP contribution < -0.4 is 10.6 Å². The molecule has 2 aliphatic heterocycles.